The Kier molecular flexibility index (Phi) is 5.29. The molecule has 1 saturated carbocycles. The van der Waals surface area contributed by atoms with E-state index in [4.69, 9.17) is 5.11 Å². The van der Waals surface area contributed by atoms with Crippen molar-refractivity contribution in [2.24, 2.45) is 0 Å². The maximum Gasteiger partial charge on any atom is 0.310 e. The summed E-state index contributed by atoms with van der Waals surface area (Å²) >= 11 is 0. The molecule has 0 saturated heterocycles. The van der Waals surface area contributed by atoms with Crippen LogP contribution in [0.1, 0.15) is 41.6 Å². The van der Waals surface area contributed by atoms with E-state index in [1.54, 1.807) is 31.2 Å². The average molecular weight is 388 g/mol. The van der Waals surface area contributed by atoms with Crippen LogP contribution in [0.2, 0.25) is 0 Å². The van der Waals surface area contributed by atoms with Gasteiger partial charge in [0.15, 0.2) is 0 Å². The van der Waals surface area contributed by atoms with Crippen molar-refractivity contribution in [2.45, 2.75) is 36.6 Å². The van der Waals surface area contributed by atoms with E-state index in [9.17, 15) is 18.0 Å². The van der Waals surface area contributed by atoms with Gasteiger partial charge in [0.25, 0.3) is 5.91 Å². The molecule has 1 aliphatic rings. The molecule has 142 valence electrons. The van der Waals surface area contributed by atoms with Gasteiger partial charge >= 0.3 is 5.97 Å². The first-order valence-electron chi connectivity index (χ1n) is 8.53. The van der Waals surface area contributed by atoms with Crippen LogP contribution in [-0.2, 0) is 14.8 Å². The highest BCUT2D eigenvalue weighted by atomic mass is 32.2. The summed E-state index contributed by atoms with van der Waals surface area (Å²) in [5.41, 5.74) is 1.48. The Labute approximate surface area is 157 Å². The molecule has 2 aromatic rings. The Bertz CT molecular complexity index is 949. The molecule has 1 amide bonds. The molecule has 2 aromatic carbocycles. The van der Waals surface area contributed by atoms with Gasteiger partial charge in [0, 0.05) is 17.3 Å². The molecule has 1 atom stereocenters. The summed E-state index contributed by atoms with van der Waals surface area (Å²) < 4.78 is 26.9. The van der Waals surface area contributed by atoms with E-state index in [2.05, 4.69) is 10.0 Å². The van der Waals surface area contributed by atoms with Crippen molar-refractivity contribution in [2.75, 3.05) is 5.32 Å². The molecule has 1 aliphatic carbocycles. The zero-order valence-electron chi connectivity index (χ0n) is 14.7. The standard InChI is InChI=1S/C19H20N2O5S/c1-12(19(23)24)13-2-6-15(7-3-13)20-18(22)14-4-10-17(11-5-14)27(25,26)21-16-8-9-16/h2-7,10-12,16,21H,8-9H2,1H3,(H,20,22)(H,23,24). The Morgan fingerprint density at radius 1 is 1.04 bits per heavy atom. The predicted molar refractivity (Wildman–Crippen MR) is 100 cm³/mol. The topological polar surface area (TPSA) is 113 Å². The number of carbonyl (C=O) groups is 2. The molecule has 8 heteroatoms. The first-order chi connectivity index (χ1) is 12.8. The highest BCUT2D eigenvalue weighted by Gasteiger charge is 2.28. The number of anilines is 1. The fraction of sp³-hybridized carbons (Fsp3) is 0.263. The largest absolute Gasteiger partial charge is 0.481 e. The number of hydrogen-bond acceptors (Lipinski definition) is 4. The van der Waals surface area contributed by atoms with Gasteiger partial charge in [-0.05, 0) is 61.7 Å². The predicted octanol–water partition coefficient (Wildman–Crippen LogP) is 2.57. The molecular formula is C19H20N2O5S. The third kappa shape index (κ3) is 4.72. The number of aliphatic carboxylic acids is 1. The molecule has 27 heavy (non-hydrogen) atoms. The van der Waals surface area contributed by atoms with Crippen LogP contribution >= 0.6 is 0 Å². The summed E-state index contributed by atoms with van der Waals surface area (Å²) in [6.45, 7) is 1.59. The molecule has 3 rings (SSSR count). The van der Waals surface area contributed by atoms with Crippen LogP contribution < -0.4 is 10.0 Å². The molecule has 0 spiro atoms. The molecular weight excluding hydrogens is 368 g/mol. The Morgan fingerprint density at radius 3 is 2.15 bits per heavy atom. The molecule has 1 unspecified atom stereocenters. The number of hydrogen-bond donors (Lipinski definition) is 3. The summed E-state index contributed by atoms with van der Waals surface area (Å²) in [5, 5.41) is 11.7. The lowest BCUT2D eigenvalue weighted by molar-refractivity contribution is -0.138. The second-order valence-electron chi connectivity index (χ2n) is 6.56. The minimum atomic E-state index is -3.55. The number of benzene rings is 2. The summed E-state index contributed by atoms with van der Waals surface area (Å²) in [6.07, 6.45) is 1.70. The highest BCUT2D eigenvalue weighted by molar-refractivity contribution is 7.89. The van der Waals surface area contributed by atoms with Crippen molar-refractivity contribution in [3.8, 4) is 0 Å². The molecule has 0 aliphatic heterocycles. The van der Waals surface area contributed by atoms with Crippen LogP contribution in [0.5, 0.6) is 0 Å². The minimum Gasteiger partial charge on any atom is -0.481 e. The normalized spacial score (nSPS) is 15.1. The maximum atomic E-state index is 12.3. The quantitative estimate of drug-likeness (QED) is 0.675. The van der Waals surface area contributed by atoms with Crippen molar-refractivity contribution in [1.29, 1.82) is 0 Å². The lowest BCUT2D eigenvalue weighted by Gasteiger charge is -2.10. The van der Waals surface area contributed by atoms with Crippen molar-refractivity contribution < 1.29 is 23.1 Å². The van der Waals surface area contributed by atoms with Gasteiger partial charge < -0.3 is 10.4 Å². The third-order valence-corrected chi connectivity index (χ3v) is 5.90. The van der Waals surface area contributed by atoms with Crippen molar-refractivity contribution in [3.63, 3.8) is 0 Å². The molecule has 3 N–H and O–H groups in total. The van der Waals surface area contributed by atoms with Crippen LogP contribution in [0.25, 0.3) is 0 Å². The number of sulfonamides is 1. The minimum absolute atomic E-state index is 0.0183. The SMILES string of the molecule is CC(C(=O)O)c1ccc(NC(=O)c2ccc(S(=O)(=O)NC3CC3)cc2)cc1. The van der Waals surface area contributed by atoms with Crippen LogP contribution in [0.4, 0.5) is 5.69 Å². The fourth-order valence-electron chi connectivity index (χ4n) is 2.48. The van der Waals surface area contributed by atoms with E-state index >= 15 is 0 Å². The fourth-order valence-corrected chi connectivity index (χ4v) is 3.78. The van der Waals surface area contributed by atoms with Crippen LogP contribution in [0.15, 0.2) is 53.4 Å². The highest BCUT2D eigenvalue weighted by Crippen LogP contribution is 2.23. The second kappa shape index (κ2) is 7.50. The van der Waals surface area contributed by atoms with Gasteiger partial charge in [0.2, 0.25) is 10.0 Å². The van der Waals surface area contributed by atoms with Gasteiger partial charge in [0.05, 0.1) is 10.8 Å². The zero-order chi connectivity index (χ0) is 19.6. The average Bonchev–Trinajstić information content (AvgIpc) is 3.45. The molecule has 0 aromatic heterocycles. The van der Waals surface area contributed by atoms with Gasteiger partial charge in [-0.3, -0.25) is 9.59 Å². The van der Waals surface area contributed by atoms with Gasteiger partial charge in [-0.2, -0.15) is 0 Å². The molecule has 0 radical (unpaired) electrons. The van der Waals surface area contributed by atoms with E-state index in [0.717, 1.165) is 12.8 Å². The Balaban J connectivity index is 1.66. The third-order valence-electron chi connectivity index (χ3n) is 4.36. The van der Waals surface area contributed by atoms with E-state index in [0.29, 0.717) is 16.8 Å². The lowest BCUT2D eigenvalue weighted by Crippen LogP contribution is -2.25. The first kappa shape index (κ1) is 19.1. The van der Waals surface area contributed by atoms with Crippen LogP contribution in [0.3, 0.4) is 0 Å². The molecule has 0 heterocycles. The number of rotatable bonds is 7. The van der Waals surface area contributed by atoms with Gasteiger partial charge in [-0.1, -0.05) is 12.1 Å². The van der Waals surface area contributed by atoms with E-state index < -0.39 is 21.9 Å². The Morgan fingerprint density at radius 2 is 1.63 bits per heavy atom. The number of carboxylic acids is 1. The van der Waals surface area contributed by atoms with E-state index in [-0.39, 0.29) is 16.8 Å². The van der Waals surface area contributed by atoms with E-state index in [1.807, 2.05) is 0 Å². The zero-order valence-corrected chi connectivity index (χ0v) is 15.5. The van der Waals surface area contributed by atoms with Crippen molar-refractivity contribution in [3.05, 3.63) is 59.7 Å². The molecule has 1 fully saturated rings. The van der Waals surface area contributed by atoms with Crippen LogP contribution in [0, 0.1) is 0 Å². The van der Waals surface area contributed by atoms with Crippen LogP contribution in [-0.4, -0.2) is 31.4 Å². The molecule has 0 bridgehead atoms. The van der Waals surface area contributed by atoms with Crippen molar-refractivity contribution in [1.82, 2.24) is 4.72 Å². The summed E-state index contributed by atoms with van der Waals surface area (Å²) in [4.78, 5) is 23.4. The summed E-state index contributed by atoms with van der Waals surface area (Å²) in [6, 6.07) is 12.3. The monoisotopic (exact) mass is 388 g/mol. The van der Waals surface area contributed by atoms with E-state index in [1.165, 1.54) is 24.3 Å². The number of nitrogens with one attached hydrogen (secondary N) is 2. The van der Waals surface area contributed by atoms with Gasteiger partial charge in [-0.25, -0.2) is 13.1 Å². The number of carbonyl (C=O) groups excluding carboxylic acids is 1. The summed E-state index contributed by atoms with van der Waals surface area (Å²) in [7, 11) is -3.55. The molecule has 7 nitrogen and oxygen atoms in total. The number of amides is 1. The number of carboxylic acid groups (broad SMARTS) is 1. The van der Waals surface area contributed by atoms with Crippen molar-refractivity contribution >= 4 is 27.6 Å². The first-order valence-corrected chi connectivity index (χ1v) is 10.0. The lowest BCUT2D eigenvalue weighted by atomic mass is 10.0. The van der Waals surface area contributed by atoms with Gasteiger partial charge in [-0.15, -0.1) is 0 Å². The smallest absolute Gasteiger partial charge is 0.310 e. The second-order valence-corrected chi connectivity index (χ2v) is 8.27. The van der Waals surface area contributed by atoms with Gasteiger partial charge in [0.1, 0.15) is 0 Å². The Hall–Kier alpha value is -2.71. The summed E-state index contributed by atoms with van der Waals surface area (Å²) in [5.74, 6) is -1.93. The maximum absolute atomic E-state index is 12.3.